The van der Waals surface area contributed by atoms with Crippen LogP contribution in [0.3, 0.4) is 0 Å². The van der Waals surface area contributed by atoms with Crippen molar-refractivity contribution in [1.29, 1.82) is 0 Å². The summed E-state index contributed by atoms with van der Waals surface area (Å²) in [5.74, 6) is -1.03. The molecule has 1 aromatic heterocycles. The van der Waals surface area contributed by atoms with Gasteiger partial charge in [-0.05, 0) is 42.2 Å². The highest BCUT2D eigenvalue weighted by atomic mass is 19.4. The number of pyridine rings is 1. The minimum absolute atomic E-state index is 0.373. The highest BCUT2D eigenvalue weighted by Crippen LogP contribution is 2.24. The van der Waals surface area contributed by atoms with Gasteiger partial charge in [-0.1, -0.05) is 32.8 Å². The Morgan fingerprint density at radius 2 is 1.62 bits per heavy atom. The molecule has 5 nitrogen and oxygen atoms in total. The van der Waals surface area contributed by atoms with Crippen LogP contribution in [0, 0.1) is 0 Å². The molecule has 2 aromatic rings. The van der Waals surface area contributed by atoms with Gasteiger partial charge in [0.2, 0.25) is 17.6 Å². The minimum atomic E-state index is -4.64. The average Bonchev–Trinajstić information content (AvgIpc) is 2.64. The fraction of sp³-hybridized carbons (Fsp3) is 0.381. The van der Waals surface area contributed by atoms with Crippen LogP contribution >= 0.6 is 0 Å². The second kappa shape index (κ2) is 11.2. The number of nitrogens with two attached hydrogens (primary N) is 1. The van der Waals surface area contributed by atoms with Crippen molar-refractivity contribution in [3.8, 4) is 11.6 Å². The number of hydrogen-bond acceptors (Lipinski definition) is 4. The number of hydrogen-bond donors (Lipinski definition) is 1. The zero-order valence-electron chi connectivity index (χ0n) is 16.7. The molecule has 2 N–H and O–H groups in total. The number of primary amides is 1. The van der Waals surface area contributed by atoms with Crippen molar-refractivity contribution in [3.05, 3.63) is 53.2 Å². The second-order valence-corrected chi connectivity index (χ2v) is 6.34. The maximum atomic E-state index is 11.0. The van der Waals surface area contributed by atoms with Crippen LogP contribution in [0.1, 0.15) is 55.1 Å². The van der Waals surface area contributed by atoms with Gasteiger partial charge in [-0.15, -0.1) is 0 Å². The SMILES string of the molecule is CC(=O)C(F)(F)F.CCCc1ccc(Oc2ccc(C(N)=O)cn2)cc1CCC. The lowest BCUT2D eigenvalue weighted by Crippen LogP contribution is -2.18. The van der Waals surface area contributed by atoms with Crippen molar-refractivity contribution in [2.45, 2.75) is 52.6 Å². The second-order valence-electron chi connectivity index (χ2n) is 6.34. The Labute approximate surface area is 168 Å². The lowest BCUT2D eigenvalue weighted by Gasteiger charge is -2.11. The van der Waals surface area contributed by atoms with Gasteiger partial charge in [0.15, 0.2) is 0 Å². The molecular formula is C21H25F3N2O3. The van der Waals surface area contributed by atoms with Crippen molar-refractivity contribution in [3.63, 3.8) is 0 Å². The lowest BCUT2D eigenvalue weighted by molar-refractivity contribution is -0.168. The predicted molar refractivity (Wildman–Crippen MR) is 104 cm³/mol. The highest BCUT2D eigenvalue weighted by Gasteiger charge is 2.33. The van der Waals surface area contributed by atoms with Crippen LogP contribution in [-0.2, 0) is 17.6 Å². The van der Waals surface area contributed by atoms with Gasteiger partial charge >= 0.3 is 6.18 Å². The molecule has 0 aliphatic heterocycles. The van der Waals surface area contributed by atoms with E-state index in [0.29, 0.717) is 18.4 Å². The molecule has 0 fully saturated rings. The number of Topliss-reactive ketones (excluding diaryl/α,β-unsaturated/α-hetero) is 1. The summed E-state index contributed by atoms with van der Waals surface area (Å²) in [7, 11) is 0. The van der Waals surface area contributed by atoms with Crippen molar-refractivity contribution >= 4 is 11.7 Å². The van der Waals surface area contributed by atoms with E-state index in [0.717, 1.165) is 31.4 Å². The molecule has 1 heterocycles. The molecule has 8 heteroatoms. The van der Waals surface area contributed by atoms with Crippen molar-refractivity contribution in [2.75, 3.05) is 0 Å². The van der Waals surface area contributed by atoms with E-state index in [9.17, 15) is 22.8 Å². The van der Waals surface area contributed by atoms with E-state index in [2.05, 4.69) is 31.0 Å². The van der Waals surface area contributed by atoms with Gasteiger partial charge in [0.25, 0.3) is 0 Å². The molecule has 0 atom stereocenters. The van der Waals surface area contributed by atoms with Gasteiger partial charge in [-0.2, -0.15) is 13.2 Å². The van der Waals surface area contributed by atoms with Crippen LogP contribution in [0.4, 0.5) is 13.2 Å². The summed E-state index contributed by atoms with van der Waals surface area (Å²) in [5.41, 5.74) is 8.28. The first kappa shape index (κ1) is 24.1. The van der Waals surface area contributed by atoms with Crippen LogP contribution in [0.5, 0.6) is 11.6 Å². The summed E-state index contributed by atoms with van der Waals surface area (Å²) in [6, 6.07) is 9.44. The van der Waals surface area contributed by atoms with E-state index in [4.69, 9.17) is 10.5 Å². The molecule has 1 aromatic carbocycles. The van der Waals surface area contributed by atoms with E-state index < -0.39 is 17.9 Å². The van der Waals surface area contributed by atoms with E-state index in [1.807, 2.05) is 6.07 Å². The largest absolute Gasteiger partial charge is 0.449 e. The molecule has 0 aliphatic carbocycles. The summed E-state index contributed by atoms with van der Waals surface area (Å²) in [4.78, 5) is 24.5. The Bertz CT molecular complexity index is 819. The molecule has 2 rings (SSSR count). The Hall–Kier alpha value is -2.90. The van der Waals surface area contributed by atoms with Crippen molar-refractivity contribution in [1.82, 2.24) is 4.98 Å². The first-order valence-corrected chi connectivity index (χ1v) is 9.21. The van der Waals surface area contributed by atoms with E-state index in [-0.39, 0.29) is 0 Å². The number of carbonyl (C=O) groups is 2. The maximum Gasteiger partial charge on any atom is 0.449 e. The van der Waals surface area contributed by atoms with Crippen molar-refractivity contribution < 1.29 is 27.5 Å². The van der Waals surface area contributed by atoms with Crippen LogP contribution in [0.2, 0.25) is 0 Å². The number of amides is 1. The van der Waals surface area contributed by atoms with Crippen LogP contribution in [0.25, 0.3) is 0 Å². The molecule has 0 aliphatic rings. The average molecular weight is 410 g/mol. The zero-order valence-corrected chi connectivity index (χ0v) is 16.7. The molecule has 0 spiro atoms. The van der Waals surface area contributed by atoms with Crippen LogP contribution in [-0.4, -0.2) is 22.9 Å². The number of aromatic nitrogens is 1. The Morgan fingerprint density at radius 3 is 2.07 bits per heavy atom. The summed E-state index contributed by atoms with van der Waals surface area (Å²) in [6.07, 6.45) is 1.15. The fourth-order valence-electron chi connectivity index (χ4n) is 2.39. The van der Waals surface area contributed by atoms with Gasteiger partial charge < -0.3 is 10.5 Å². The molecule has 0 saturated carbocycles. The van der Waals surface area contributed by atoms with E-state index in [1.54, 1.807) is 12.1 Å². The molecule has 1 amide bonds. The standard InChI is InChI=1S/C18H22N2O2.C3H3F3O/c1-3-5-13-7-9-16(11-14(13)6-4-2)22-17-10-8-15(12-20-17)18(19)21;1-2(7)3(4,5)6/h7-12H,3-6H2,1-2H3,(H2,19,21);1H3. The number of aryl methyl sites for hydroxylation is 2. The molecule has 158 valence electrons. The summed E-state index contributed by atoms with van der Waals surface area (Å²) in [5, 5.41) is 0. The first-order valence-electron chi connectivity index (χ1n) is 9.21. The summed E-state index contributed by atoms with van der Waals surface area (Å²) >= 11 is 0. The van der Waals surface area contributed by atoms with Crippen LogP contribution < -0.4 is 10.5 Å². The summed E-state index contributed by atoms with van der Waals surface area (Å²) < 4.78 is 38.3. The van der Waals surface area contributed by atoms with Gasteiger partial charge in [0.05, 0.1) is 5.56 Å². The highest BCUT2D eigenvalue weighted by molar-refractivity contribution is 5.92. The third kappa shape index (κ3) is 8.33. The number of benzene rings is 1. The van der Waals surface area contributed by atoms with E-state index in [1.165, 1.54) is 17.3 Å². The predicted octanol–water partition coefficient (Wildman–Crippen LogP) is 5.02. The molecule has 0 saturated heterocycles. The third-order valence-corrected chi connectivity index (χ3v) is 3.86. The molecular weight excluding hydrogens is 385 g/mol. The quantitative estimate of drug-likeness (QED) is 0.695. The topological polar surface area (TPSA) is 82.3 Å². The van der Waals surface area contributed by atoms with Gasteiger partial charge in [-0.3, -0.25) is 9.59 Å². The Kier molecular flexibility index (Phi) is 9.31. The number of nitrogens with zero attached hydrogens (tertiary/aromatic N) is 1. The van der Waals surface area contributed by atoms with Gasteiger partial charge in [0, 0.05) is 19.2 Å². The number of carbonyl (C=O) groups excluding carboxylic acids is 2. The maximum absolute atomic E-state index is 11.0. The summed E-state index contributed by atoms with van der Waals surface area (Å²) in [6.45, 7) is 4.84. The fourth-order valence-corrected chi connectivity index (χ4v) is 2.39. The van der Waals surface area contributed by atoms with E-state index >= 15 is 0 Å². The lowest BCUT2D eigenvalue weighted by atomic mass is 9.99. The molecule has 0 unspecified atom stereocenters. The Balaban J connectivity index is 0.000000516. The number of ether oxygens (including phenoxy) is 1. The molecule has 29 heavy (non-hydrogen) atoms. The van der Waals surface area contributed by atoms with Crippen molar-refractivity contribution in [2.24, 2.45) is 5.73 Å². The number of alkyl halides is 3. The normalized spacial score (nSPS) is 10.7. The van der Waals surface area contributed by atoms with Crippen LogP contribution in [0.15, 0.2) is 36.5 Å². The van der Waals surface area contributed by atoms with Gasteiger partial charge in [0.1, 0.15) is 5.75 Å². The van der Waals surface area contributed by atoms with Gasteiger partial charge in [-0.25, -0.2) is 4.98 Å². The third-order valence-electron chi connectivity index (χ3n) is 3.86. The number of rotatable bonds is 7. The smallest absolute Gasteiger partial charge is 0.439 e. The first-order chi connectivity index (χ1) is 13.6. The minimum Gasteiger partial charge on any atom is -0.439 e. The Morgan fingerprint density at radius 1 is 1.03 bits per heavy atom. The molecule has 0 radical (unpaired) electrons. The molecule has 0 bridgehead atoms. The monoisotopic (exact) mass is 410 g/mol. The number of halogens is 3. The zero-order chi connectivity index (χ0) is 22.0. The number of ketones is 1.